The van der Waals surface area contributed by atoms with Gasteiger partial charge in [0.1, 0.15) is 0 Å². The predicted molar refractivity (Wildman–Crippen MR) is 84.6 cm³/mol. The Morgan fingerprint density at radius 3 is 1.10 bits per heavy atom. The lowest BCUT2D eigenvalue weighted by atomic mass is 9.77. The van der Waals surface area contributed by atoms with Crippen LogP contribution in [0.2, 0.25) is 0 Å². The van der Waals surface area contributed by atoms with Crippen molar-refractivity contribution in [1.82, 2.24) is 0 Å². The maximum atomic E-state index is 15.9. The minimum Gasteiger partial charge on any atom is -0.398 e. The Morgan fingerprint density at radius 2 is 0.839 bits per heavy atom. The molecule has 172 valence electrons. The number of nitrogens with two attached hydrogens (primary N) is 2. The Balaban J connectivity index is 3.18. The number of hydrogen-bond acceptors (Lipinski definition) is 2. The van der Waals surface area contributed by atoms with E-state index in [1.165, 1.54) is 0 Å². The fourth-order valence-electron chi connectivity index (χ4n) is 3.03. The molecule has 0 radical (unpaired) electrons. The van der Waals surface area contributed by atoms with Gasteiger partial charge in [-0.1, -0.05) is 24.3 Å². The van der Waals surface area contributed by atoms with Gasteiger partial charge in [0.15, 0.2) is 0 Å². The summed E-state index contributed by atoms with van der Waals surface area (Å²) in [6.07, 6.45) is -18.5. The van der Waals surface area contributed by atoms with Gasteiger partial charge >= 0.3 is 24.5 Å². The Kier molecular flexibility index (Phi) is 5.62. The lowest BCUT2D eigenvalue weighted by molar-refractivity contribution is -0.324. The molecular weight excluding hydrogens is 460 g/mol. The van der Waals surface area contributed by atoms with Crippen molar-refractivity contribution in [2.45, 2.75) is 30.1 Å². The van der Waals surface area contributed by atoms with Gasteiger partial charge in [-0.2, -0.15) is 48.3 Å². The van der Waals surface area contributed by atoms with Crippen LogP contribution in [0, 0.1) is 0 Å². The van der Waals surface area contributed by atoms with Crippen LogP contribution in [0.15, 0.2) is 36.4 Å². The van der Waals surface area contributed by atoms with Crippen LogP contribution in [0.4, 0.5) is 64.1 Å². The van der Waals surface area contributed by atoms with Crippen LogP contribution in [0.5, 0.6) is 0 Å². The van der Waals surface area contributed by atoms with Gasteiger partial charge in [0, 0.05) is 22.5 Å². The van der Waals surface area contributed by atoms with Gasteiger partial charge in [0.05, 0.1) is 11.1 Å². The molecule has 0 atom stereocenters. The zero-order valence-corrected chi connectivity index (χ0v) is 14.7. The topological polar surface area (TPSA) is 52.0 Å². The van der Waals surface area contributed by atoms with E-state index in [2.05, 4.69) is 0 Å². The molecule has 0 saturated heterocycles. The van der Waals surface area contributed by atoms with Gasteiger partial charge in [0.25, 0.3) is 0 Å². The highest BCUT2D eigenvalue weighted by atomic mass is 19.4. The molecular formula is C17H10F12N2. The van der Waals surface area contributed by atoms with Crippen molar-refractivity contribution >= 4 is 11.4 Å². The second-order valence-electron chi connectivity index (χ2n) is 6.27. The fourth-order valence-corrected chi connectivity index (χ4v) is 3.03. The highest BCUT2D eigenvalue weighted by Gasteiger charge is 2.74. The monoisotopic (exact) mass is 470 g/mol. The lowest BCUT2D eigenvalue weighted by Gasteiger charge is -2.38. The quantitative estimate of drug-likeness (QED) is 0.409. The van der Waals surface area contributed by atoms with Crippen molar-refractivity contribution in [1.29, 1.82) is 0 Å². The van der Waals surface area contributed by atoms with Gasteiger partial charge in [-0.3, -0.25) is 0 Å². The summed E-state index contributed by atoms with van der Waals surface area (Å²) in [5.74, 6) is -6.78. The molecule has 0 spiro atoms. The molecule has 0 aliphatic carbocycles. The SMILES string of the molecule is Nc1cccc(C(F)(c2cccc(N)c2C(F)(F)F)C(F)(F)C(F)(F)F)c1C(F)(F)F. The van der Waals surface area contributed by atoms with Crippen molar-refractivity contribution in [3.8, 4) is 0 Å². The van der Waals surface area contributed by atoms with Crippen LogP contribution in [0.3, 0.4) is 0 Å². The minimum absolute atomic E-state index is 0.151. The van der Waals surface area contributed by atoms with E-state index in [0.29, 0.717) is 24.3 Å². The summed E-state index contributed by atoms with van der Waals surface area (Å²) in [4.78, 5) is 0. The molecule has 0 amide bonds. The Hall–Kier alpha value is -2.80. The molecule has 0 aliphatic rings. The van der Waals surface area contributed by atoms with E-state index < -0.39 is 63.7 Å². The van der Waals surface area contributed by atoms with Gasteiger partial charge in [0.2, 0.25) is 5.67 Å². The van der Waals surface area contributed by atoms with E-state index in [-0.39, 0.29) is 12.1 Å². The summed E-state index contributed by atoms with van der Waals surface area (Å²) < 4.78 is 165. The first-order valence-electron chi connectivity index (χ1n) is 7.83. The number of rotatable bonds is 3. The average Bonchev–Trinajstić information content (AvgIpc) is 2.57. The fraction of sp³-hybridized carbons (Fsp3) is 0.294. The van der Waals surface area contributed by atoms with E-state index in [9.17, 15) is 48.3 Å². The molecule has 0 saturated carbocycles. The molecule has 0 heterocycles. The van der Waals surface area contributed by atoms with Gasteiger partial charge < -0.3 is 11.5 Å². The van der Waals surface area contributed by atoms with Crippen LogP contribution in [-0.4, -0.2) is 12.1 Å². The summed E-state index contributed by atoms with van der Waals surface area (Å²) in [6.45, 7) is 0. The van der Waals surface area contributed by atoms with Crippen molar-refractivity contribution in [2.75, 3.05) is 11.5 Å². The first kappa shape index (κ1) is 24.5. The molecule has 0 unspecified atom stereocenters. The summed E-state index contributed by atoms with van der Waals surface area (Å²) >= 11 is 0. The minimum atomic E-state index is -6.91. The highest BCUT2D eigenvalue weighted by molar-refractivity contribution is 5.62. The molecule has 2 nitrogen and oxygen atoms in total. The smallest absolute Gasteiger partial charge is 0.398 e. The molecule has 31 heavy (non-hydrogen) atoms. The van der Waals surface area contributed by atoms with Gasteiger partial charge in [-0.05, 0) is 12.1 Å². The van der Waals surface area contributed by atoms with Crippen LogP contribution in [0.1, 0.15) is 22.3 Å². The third kappa shape index (κ3) is 3.83. The van der Waals surface area contributed by atoms with Crippen LogP contribution >= 0.6 is 0 Å². The van der Waals surface area contributed by atoms with Crippen LogP contribution < -0.4 is 11.5 Å². The number of nitrogen functional groups attached to an aromatic ring is 2. The van der Waals surface area contributed by atoms with Gasteiger partial charge in [-0.15, -0.1) is 0 Å². The summed E-state index contributed by atoms with van der Waals surface area (Å²) in [5.41, 5.74) is -8.52. The number of benzene rings is 2. The van der Waals surface area contributed by atoms with E-state index in [1.807, 2.05) is 0 Å². The highest BCUT2D eigenvalue weighted by Crippen LogP contribution is 2.59. The van der Waals surface area contributed by atoms with E-state index >= 15 is 4.39 Å². The molecule has 0 aliphatic heterocycles. The van der Waals surface area contributed by atoms with Gasteiger partial charge in [-0.25, -0.2) is 4.39 Å². The summed E-state index contributed by atoms with van der Waals surface area (Å²) in [5, 5.41) is 0. The summed E-state index contributed by atoms with van der Waals surface area (Å²) in [7, 11) is 0. The van der Waals surface area contributed by atoms with Crippen molar-refractivity contribution in [3.05, 3.63) is 58.7 Å². The second-order valence-corrected chi connectivity index (χ2v) is 6.27. The van der Waals surface area contributed by atoms with E-state index in [0.717, 1.165) is 0 Å². The van der Waals surface area contributed by atoms with Crippen molar-refractivity contribution in [3.63, 3.8) is 0 Å². The standard InChI is InChI=1S/C17H10F12N2/c18-13(16(25,26)17(27,28)29,7-3-1-5-9(30)11(7)14(19,20)21)8-4-2-6-10(31)12(8)15(22,23)24/h1-6H,30-31H2. The Morgan fingerprint density at radius 1 is 0.516 bits per heavy atom. The van der Waals surface area contributed by atoms with E-state index in [4.69, 9.17) is 11.5 Å². The molecule has 2 aromatic rings. The van der Waals surface area contributed by atoms with E-state index in [1.54, 1.807) is 0 Å². The second kappa shape index (κ2) is 7.12. The van der Waals surface area contributed by atoms with Crippen LogP contribution in [0.25, 0.3) is 0 Å². The maximum Gasteiger partial charge on any atom is 0.457 e. The Labute approximate surface area is 165 Å². The molecule has 4 N–H and O–H groups in total. The number of alkyl halides is 12. The normalized spacial score (nSPS) is 14.1. The number of anilines is 2. The largest absolute Gasteiger partial charge is 0.457 e. The first-order chi connectivity index (χ1) is 13.8. The van der Waals surface area contributed by atoms with Crippen LogP contribution in [-0.2, 0) is 18.0 Å². The summed E-state index contributed by atoms with van der Waals surface area (Å²) in [6, 6.07) is 1.29. The number of halogens is 12. The maximum absolute atomic E-state index is 15.9. The molecule has 2 rings (SSSR count). The predicted octanol–water partition coefficient (Wildman–Crippen LogP) is 6.30. The Bertz CT molecular complexity index is 909. The van der Waals surface area contributed by atoms with Crippen molar-refractivity contribution < 1.29 is 52.7 Å². The zero-order chi connectivity index (χ0) is 24.2. The van der Waals surface area contributed by atoms with Crippen molar-refractivity contribution in [2.24, 2.45) is 0 Å². The molecule has 14 heteroatoms. The number of hydrogen-bond donors (Lipinski definition) is 2. The molecule has 2 aromatic carbocycles. The first-order valence-corrected chi connectivity index (χ1v) is 7.83. The molecule has 0 bridgehead atoms. The third-order valence-electron chi connectivity index (χ3n) is 4.29. The lowest BCUT2D eigenvalue weighted by Crippen LogP contribution is -2.54. The zero-order valence-electron chi connectivity index (χ0n) is 14.7. The third-order valence-corrected chi connectivity index (χ3v) is 4.29. The molecule has 0 fully saturated rings. The average molecular weight is 470 g/mol. The molecule has 0 aromatic heterocycles.